The van der Waals surface area contributed by atoms with E-state index in [0.717, 1.165) is 15.7 Å². The van der Waals surface area contributed by atoms with E-state index in [0.29, 0.717) is 0 Å². The molecule has 3 heteroatoms. The Hall–Kier alpha value is -0.410. The van der Waals surface area contributed by atoms with Crippen LogP contribution in [0.5, 0.6) is 0 Å². The van der Waals surface area contributed by atoms with Crippen molar-refractivity contribution < 1.29 is 5.11 Å². The molecule has 0 amide bonds. The smallest absolute Gasteiger partial charge is 0.0707 e. The first-order valence-corrected chi connectivity index (χ1v) is 3.75. The molecule has 1 rings (SSSR count). The Morgan fingerprint density at radius 2 is 2.40 bits per heavy atom. The van der Waals surface area contributed by atoms with E-state index in [-0.39, 0.29) is 6.61 Å². The summed E-state index contributed by atoms with van der Waals surface area (Å²) in [7, 11) is 0. The van der Waals surface area contributed by atoms with Crippen LogP contribution >= 0.6 is 15.9 Å². The first-order chi connectivity index (χ1) is 4.74. The molecule has 0 unspecified atom stereocenters. The maximum absolute atomic E-state index is 8.74. The maximum Gasteiger partial charge on any atom is 0.0707 e. The van der Waals surface area contributed by atoms with Gasteiger partial charge in [0.25, 0.3) is 0 Å². The molecule has 2 nitrogen and oxygen atoms in total. The Labute approximate surface area is 68.0 Å². The van der Waals surface area contributed by atoms with Gasteiger partial charge in [0.05, 0.1) is 6.61 Å². The molecule has 1 N–H and O–H groups in total. The van der Waals surface area contributed by atoms with E-state index >= 15 is 0 Å². The van der Waals surface area contributed by atoms with Gasteiger partial charge in [-0.05, 0) is 13.0 Å². The van der Waals surface area contributed by atoms with Crippen molar-refractivity contribution in [3.63, 3.8) is 0 Å². The molecule has 54 valence electrons. The van der Waals surface area contributed by atoms with Gasteiger partial charge in [-0.25, -0.2) is 0 Å². The third-order valence-corrected chi connectivity index (χ3v) is 1.97. The van der Waals surface area contributed by atoms with Crippen LogP contribution in [0.2, 0.25) is 0 Å². The number of aromatic nitrogens is 1. The summed E-state index contributed by atoms with van der Waals surface area (Å²) in [6.45, 7) is 1.94. The van der Waals surface area contributed by atoms with Crippen LogP contribution < -0.4 is 0 Å². The highest BCUT2D eigenvalue weighted by molar-refractivity contribution is 9.10. The highest BCUT2D eigenvalue weighted by atomic mass is 79.9. The molecule has 0 saturated heterocycles. The number of aliphatic hydroxyl groups is 1. The van der Waals surface area contributed by atoms with Crippen molar-refractivity contribution in [2.75, 3.05) is 0 Å². The molecule has 10 heavy (non-hydrogen) atoms. The van der Waals surface area contributed by atoms with Crippen molar-refractivity contribution in [1.29, 1.82) is 0 Å². The van der Waals surface area contributed by atoms with Crippen LogP contribution in [0.15, 0.2) is 16.7 Å². The zero-order chi connectivity index (χ0) is 7.56. The number of nitrogens with zero attached hydrogens (tertiary/aromatic N) is 1. The lowest BCUT2D eigenvalue weighted by Crippen LogP contribution is -1.88. The standard InChI is InChI=1S/C7H8BrNO/c1-5-2-7(8)6(4-10)3-9-5/h2-3,10H,4H2,1H3. The van der Waals surface area contributed by atoms with Gasteiger partial charge in [-0.2, -0.15) is 0 Å². The molecule has 0 fully saturated rings. The molecule has 0 aliphatic heterocycles. The Bertz CT molecular complexity index is 237. The lowest BCUT2D eigenvalue weighted by Gasteiger charge is -1.99. The van der Waals surface area contributed by atoms with Crippen LogP contribution in [0, 0.1) is 6.92 Å². The van der Waals surface area contributed by atoms with E-state index in [2.05, 4.69) is 20.9 Å². The van der Waals surface area contributed by atoms with Crippen LogP contribution in [-0.4, -0.2) is 10.1 Å². The van der Waals surface area contributed by atoms with Gasteiger partial charge in [0.1, 0.15) is 0 Å². The largest absolute Gasteiger partial charge is 0.392 e. The zero-order valence-electron chi connectivity index (χ0n) is 5.63. The van der Waals surface area contributed by atoms with Gasteiger partial charge in [0.2, 0.25) is 0 Å². The lowest BCUT2D eigenvalue weighted by molar-refractivity contribution is 0.280. The second kappa shape index (κ2) is 3.12. The molecule has 0 bridgehead atoms. The summed E-state index contributed by atoms with van der Waals surface area (Å²) < 4.78 is 0.919. The van der Waals surface area contributed by atoms with Crippen molar-refractivity contribution in [2.45, 2.75) is 13.5 Å². The predicted octanol–water partition coefficient (Wildman–Crippen LogP) is 1.64. The van der Waals surface area contributed by atoms with E-state index in [4.69, 9.17) is 5.11 Å². The SMILES string of the molecule is Cc1cc(Br)c(CO)cn1. The van der Waals surface area contributed by atoms with E-state index in [1.54, 1.807) is 6.20 Å². The molecular weight excluding hydrogens is 194 g/mol. The number of hydrogen-bond acceptors (Lipinski definition) is 2. The van der Waals surface area contributed by atoms with Crippen molar-refractivity contribution in [3.8, 4) is 0 Å². The first kappa shape index (κ1) is 7.69. The number of aryl methyl sites for hydroxylation is 1. The van der Waals surface area contributed by atoms with E-state index in [9.17, 15) is 0 Å². The minimum atomic E-state index is 0.0356. The van der Waals surface area contributed by atoms with Gasteiger partial charge in [-0.1, -0.05) is 15.9 Å². The number of hydrogen-bond donors (Lipinski definition) is 1. The maximum atomic E-state index is 8.74. The molecule has 1 aromatic rings. The third-order valence-electron chi connectivity index (χ3n) is 1.24. The Morgan fingerprint density at radius 3 is 2.90 bits per heavy atom. The summed E-state index contributed by atoms with van der Waals surface area (Å²) in [5.41, 5.74) is 1.77. The van der Waals surface area contributed by atoms with E-state index in [1.165, 1.54) is 0 Å². The number of pyridine rings is 1. The average Bonchev–Trinajstić information content (AvgIpc) is 1.88. The van der Waals surface area contributed by atoms with E-state index in [1.807, 2.05) is 13.0 Å². The Morgan fingerprint density at radius 1 is 1.70 bits per heavy atom. The molecule has 1 heterocycles. The summed E-state index contributed by atoms with van der Waals surface area (Å²) in [4.78, 5) is 4.02. The van der Waals surface area contributed by atoms with Crippen molar-refractivity contribution >= 4 is 15.9 Å². The summed E-state index contributed by atoms with van der Waals surface area (Å²) in [5.74, 6) is 0. The molecule has 0 aromatic carbocycles. The normalized spacial score (nSPS) is 9.90. The molecule has 0 radical (unpaired) electrons. The molecule has 0 aliphatic carbocycles. The summed E-state index contributed by atoms with van der Waals surface area (Å²) in [6, 6.07) is 1.88. The number of aliphatic hydroxyl groups excluding tert-OH is 1. The number of halogens is 1. The fourth-order valence-corrected chi connectivity index (χ4v) is 1.23. The summed E-state index contributed by atoms with van der Waals surface area (Å²) in [5, 5.41) is 8.74. The third kappa shape index (κ3) is 1.55. The van der Waals surface area contributed by atoms with Crippen molar-refractivity contribution in [2.24, 2.45) is 0 Å². The average molecular weight is 202 g/mol. The molecule has 1 aromatic heterocycles. The second-order valence-electron chi connectivity index (χ2n) is 2.08. The Kier molecular flexibility index (Phi) is 2.40. The second-order valence-corrected chi connectivity index (χ2v) is 2.93. The van der Waals surface area contributed by atoms with Gasteiger partial charge in [-0.3, -0.25) is 4.98 Å². The summed E-state index contributed by atoms with van der Waals surface area (Å²) >= 11 is 3.31. The topological polar surface area (TPSA) is 33.1 Å². The Balaban J connectivity index is 3.07. The van der Waals surface area contributed by atoms with Crippen LogP contribution in [0.1, 0.15) is 11.3 Å². The van der Waals surface area contributed by atoms with Gasteiger partial charge >= 0.3 is 0 Å². The predicted molar refractivity (Wildman–Crippen MR) is 42.6 cm³/mol. The van der Waals surface area contributed by atoms with Crippen LogP contribution in [-0.2, 0) is 6.61 Å². The first-order valence-electron chi connectivity index (χ1n) is 2.96. The van der Waals surface area contributed by atoms with Crippen molar-refractivity contribution in [3.05, 3.63) is 28.0 Å². The molecule has 0 atom stereocenters. The molecular formula is C7H8BrNO. The summed E-state index contributed by atoms with van der Waals surface area (Å²) in [6.07, 6.45) is 1.67. The van der Waals surface area contributed by atoms with E-state index < -0.39 is 0 Å². The van der Waals surface area contributed by atoms with Gasteiger partial charge in [0, 0.05) is 21.9 Å². The quantitative estimate of drug-likeness (QED) is 0.750. The van der Waals surface area contributed by atoms with Crippen LogP contribution in [0.25, 0.3) is 0 Å². The molecule has 0 spiro atoms. The lowest BCUT2D eigenvalue weighted by atomic mass is 10.3. The molecule has 0 aliphatic rings. The highest BCUT2D eigenvalue weighted by Gasteiger charge is 1.97. The van der Waals surface area contributed by atoms with Crippen LogP contribution in [0.4, 0.5) is 0 Å². The van der Waals surface area contributed by atoms with Gasteiger partial charge < -0.3 is 5.11 Å². The zero-order valence-corrected chi connectivity index (χ0v) is 7.22. The molecule has 0 saturated carbocycles. The highest BCUT2D eigenvalue weighted by Crippen LogP contribution is 2.15. The van der Waals surface area contributed by atoms with Crippen molar-refractivity contribution in [1.82, 2.24) is 4.98 Å². The van der Waals surface area contributed by atoms with Crippen LogP contribution in [0.3, 0.4) is 0 Å². The van der Waals surface area contributed by atoms with Gasteiger partial charge in [-0.15, -0.1) is 0 Å². The fourth-order valence-electron chi connectivity index (χ4n) is 0.671. The minimum Gasteiger partial charge on any atom is -0.392 e. The van der Waals surface area contributed by atoms with Gasteiger partial charge in [0.15, 0.2) is 0 Å². The minimum absolute atomic E-state index is 0.0356. The monoisotopic (exact) mass is 201 g/mol. The fraction of sp³-hybridized carbons (Fsp3) is 0.286. The number of rotatable bonds is 1.